The minimum Gasteiger partial charge on any atom is -0.504 e. The molecule has 1 saturated heterocycles. The molecule has 6 rings (SSSR count). The summed E-state index contributed by atoms with van der Waals surface area (Å²) < 4.78 is 86.8. The van der Waals surface area contributed by atoms with Gasteiger partial charge in [-0.3, -0.25) is 19.2 Å². The summed E-state index contributed by atoms with van der Waals surface area (Å²) in [5.74, 6) is -7.21. The molecule has 234 valence electrons. The first kappa shape index (κ1) is 30.4. The second kappa shape index (κ2) is 10.2. The number of rotatable bonds is 3. The molecular formula is C32H23F6NO6. The number of methoxy groups -OCH3 is 1. The molecular weight excluding hydrogens is 608 g/mol. The highest BCUT2D eigenvalue weighted by atomic mass is 19.4. The number of halogens is 6. The lowest BCUT2D eigenvalue weighted by Gasteiger charge is -2.42. The number of phenols is 1. The van der Waals surface area contributed by atoms with Crippen LogP contribution in [0.3, 0.4) is 0 Å². The van der Waals surface area contributed by atoms with Crippen LogP contribution in [0.2, 0.25) is 0 Å². The van der Waals surface area contributed by atoms with Crippen molar-refractivity contribution < 1.29 is 55.4 Å². The first-order valence-corrected chi connectivity index (χ1v) is 13.8. The molecule has 0 unspecified atom stereocenters. The number of hydrogen-bond acceptors (Lipinski definition) is 6. The van der Waals surface area contributed by atoms with Gasteiger partial charge in [0.25, 0.3) is 0 Å². The number of Topliss-reactive ketones (excluding diaryl/α,β-unsaturated/α-hetero) is 1. The van der Waals surface area contributed by atoms with Crippen molar-refractivity contribution in [2.24, 2.45) is 17.8 Å². The predicted octanol–water partition coefficient (Wildman–Crippen LogP) is 6.07. The molecule has 0 saturated carbocycles. The molecule has 13 heteroatoms. The van der Waals surface area contributed by atoms with Crippen molar-refractivity contribution in [3.8, 4) is 11.5 Å². The highest BCUT2D eigenvalue weighted by molar-refractivity contribution is 6.25. The number of fused-ring (bicyclic) bond motifs is 3. The van der Waals surface area contributed by atoms with E-state index in [-0.39, 0.29) is 47.1 Å². The van der Waals surface area contributed by atoms with Crippen LogP contribution in [0.25, 0.3) is 0 Å². The van der Waals surface area contributed by atoms with Crippen LogP contribution in [0.1, 0.15) is 42.4 Å². The van der Waals surface area contributed by atoms with Crippen molar-refractivity contribution in [3.05, 3.63) is 87.5 Å². The molecule has 1 N–H and O–H groups in total. The van der Waals surface area contributed by atoms with Crippen LogP contribution in [-0.2, 0) is 31.5 Å². The summed E-state index contributed by atoms with van der Waals surface area (Å²) in [6, 6.07) is 4.95. The van der Waals surface area contributed by atoms with E-state index >= 15 is 0 Å². The number of benzene rings is 2. The maximum absolute atomic E-state index is 13.9. The Morgan fingerprint density at radius 2 is 1.53 bits per heavy atom. The number of carbonyl (C=O) groups is 4. The number of carbonyl (C=O) groups excluding carboxylic acids is 4. The number of amides is 2. The minimum absolute atomic E-state index is 0.0887. The van der Waals surface area contributed by atoms with E-state index in [0.29, 0.717) is 28.2 Å². The fourth-order valence-electron chi connectivity index (χ4n) is 6.95. The number of ether oxygens (including phenoxy) is 1. The highest BCUT2D eigenvalue weighted by Crippen LogP contribution is 2.56. The Morgan fingerprint density at radius 3 is 2.11 bits per heavy atom. The number of alkyl halides is 6. The van der Waals surface area contributed by atoms with Crippen LogP contribution >= 0.6 is 0 Å². The van der Waals surface area contributed by atoms with Crippen molar-refractivity contribution in [3.63, 3.8) is 0 Å². The lowest BCUT2D eigenvalue weighted by molar-refractivity contribution is -0.143. The number of nitrogens with zero attached hydrogens (tertiary/aromatic N) is 1. The molecule has 0 aromatic heterocycles. The minimum atomic E-state index is -5.20. The molecule has 4 aliphatic rings. The molecule has 1 fully saturated rings. The summed E-state index contributed by atoms with van der Waals surface area (Å²) in [7, 11) is 1.34. The summed E-state index contributed by atoms with van der Waals surface area (Å²) in [6.45, 7) is 1.48. The van der Waals surface area contributed by atoms with Crippen molar-refractivity contribution in [1.29, 1.82) is 0 Å². The summed E-state index contributed by atoms with van der Waals surface area (Å²) in [6.07, 6.45) is -7.86. The number of allylic oxidation sites excluding steroid dienone is 6. The van der Waals surface area contributed by atoms with Crippen molar-refractivity contribution >= 4 is 29.1 Å². The summed E-state index contributed by atoms with van der Waals surface area (Å²) >= 11 is 0. The molecule has 1 aliphatic heterocycles. The second-order valence-corrected chi connectivity index (χ2v) is 11.4. The van der Waals surface area contributed by atoms with Gasteiger partial charge in [0, 0.05) is 22.6 Å². The van der Waals surface area contributed by atoms with Gasteiger partial charge >= 0.3 is 12.4 Å². The van der Waals surface area contributed by atoms with E-state index in [9.17, 15) is 50.6 Å². The Balaban J connectivity index is 1.48. The number of imide groups is 1. The third-order valence-corrected chi connectivity index (χ3v) is 8.93. The van der Waals surface area contributed by atoms with Crippen molar-refractivity contribution in [2.45, 2.75) is 38.0 Å². The van der Waals surface area contributed by atoms with E-state index in [4.69, 9.17) is 4.74 Å². The van der Waals surface area contributed by atoms with Gasteiger partial charge in [-0.15, -0.1) is 0 Å². The smallest absolute Gasteiger partial charge is 0.416 e. The standard InChI is InChI=1S/C32H23F6NO6/c1-13-7-22(40)21-12-20-18(25(27(21)28(13)42)14-3-6-24(45-2)23(41)8-14)4-5-19-26(20)30(44)39(29(19)43)17-10-15(31(33,34)35)9-16(11-17)32(36,37)38/h3-4,6-11,19-20,25-26,41H,5,12H2,1-2H3/t19-,20+,25-,26-/m0/s1. The molecule has 0 spiro atoms. The molecule has 0 bridgehead atoms. The van der Waals surface area contributed by atoms with Gasteiger partial charge < -0.3 is 9.84 Å². The second-order valence-electron chi connectivity index (χ2n) is 11.4. The molecule has 1 heterocycles. The number of ketones is 2. The molecule has 2 amide bonds. The third kappa shape index (κ3) is 4.75. The summed E-state index contributed by atoms with van der Waals surface area (Å²) in [5.41, 5.74) is -2.94. The van der Waals surface area contributed by atoms with Gasteiger partial charge in [-0.1, -0.05) is 17.7 Å². The van der Waals surface area contributed by atoms with Gasteiger partial charge in [-0.25, -0.2) is 4.90 Å². The average molecular weight is 632 g/mol. The first-order valence-electron chi connectivity index (χ1n) is 13.8. The Kier molecular flexibility index (Phi) is 6.86. The van der Waals surface area contributed by atoms with E-state index in [2.05, 4.69) is 0 Å². The highest BCUT2D eigenvalue weighted by Gasteiger charge is 2.57. The van der Waals surface area contributed by atoms with Crippen LogP contribution in [0.5, 0.6) is 11.5 Å². The number of phenolic OH excluding ortho intramolecular Hbond substituents is 1. The van der Waals surface area contributed by atoms with Crippen molar-refractivity contribution in [1.82, 2.24) is 0 Å². The Labute approximate surface area is 251 Å². The maximum atomic E-state index is 13.9. The predicted molar refractivity (Wildman–Crippen MR) is 145 cm³/mol. The Morgan fingerprint density at radius 1 is 0.889 bits per heavy atom. The Bertz CT molecular complexity index is 1770. The zero-order valence-electron chi connectivity index (χ0n) is 23.5. The van der Waals surface area contributed by atoms with Crippen molar-refractivity contribution in [2.75, 3.05) is 12.0 Å². The normalized spacial score (nSPS) is 25.1. The lowest BCUT2D eigenvalue weighted by Crippen LogP contribution is -2.39. The average Bonchev–Trinajstić information content (AvgIpc) is 3.23. The summed E-state index contributed by atoms with van der Waals surface area (Å²) in [5, 5.41) is 10.5. The first-order chi connectivity index (χ1) is 21.0. The number of aromatic hydroxyl groups is 1. The van der Waals surface area contributed by atoms with Gasteiger partial charge in [-0.2, -0.15) is 26.3 Å². The van der Waals surface area contributed by atoms with E-state index < -0.39 is 76.2 Å². The van der Waals surface area contributed by atoms with Crippen LogP contribution in [0.15, 0.2) is 70.8 Å². The fraction of sp³-hybridized carbons (Fsp3) is 0.312. The third-order valence-electron chi connectivity index (χ3n) is 8.93. The Hall–Kier alpha value is -4.68. The van der Waals surface area contributed by atoms with E-state index in [0.717, 1.165) is 6.08 Å². The van der Waals surface area contributed by atoms with Gasteiger partial charge in [0.2, 0.25) is 11.8 Å². The SMILES string of the molecule is COc1ccc([C@H]2C3=CC[C@@H]4C(=O)N(c5cc(C(F)(F)F)cc(C(F)(F)F)c5)C(=O)[C@@H]4[C@@H]3CC3=C2C(=O)C(C)=CC3=O)cc1O. The zero-order valence-corrected chi connectivity index (χ0v) is 23.5. The molecule has 2 aromatic carbocycles. The van der Waals surface area contributed by atoms with Gasteiger partial charge in [-0.05, 0) is 67.7 Å². The fourth-order valence-corrected chi connectivity index (χ4v) is 6.95. The van der Waals surface area contributed by atoms with Gasteiger partial charge in [0.05, 0.1) is 35.8 Å². The molecule has 2 aromatic rings. The topological polar surface area (TPSA) is 101 Å². The van der Waals surface area contributed by atoms with Gasteiger partial charge in [0.1, 0.15) is 0 Å². The van der Waals surface area contributed by atoms with E-state index in [1.165, 1.54) is 26.2 Å². The molecule has 45 heavy (non-hydrogen) atoms. The lowest BCUT2D eigenvalue weighted by atomic mass is 9.59. The molecule has 4 atom stereocenters. The van der Waals surface area contributed by atoms with E-state index in [1.807, 2.05) is 0 Å². The number of anilines is 1. The number of hydrogen-bond donors (Lipinski definition) is 1. The molecule has 3 aliphatic carbocycles. The van der Waals surface area contributed by atoms with Crippen LogP contribution < -0.4 is 9.64 Å². The van der Waals surface area contributed by atoms with Crippen LogP contribution in [-0.4, -0.2) is 35.6 Å². The monoisotopic (exact) mass is 631 g/mol. The molecule has 0 radical (unpaired) electrons. The summed E-state index contributed by atoms with van der Waals surface area (Å²) in [4.78, 5) is 54.6. The van der Waals surface area contributed by atoms with Gasteiger partial charge in [0.15, 0.2) is 23.1 Å². The van der Waals surface area contributed by atoms with E-state index in [1.54, 1.807) is 12.1 Å². The quantitative estimate of drug-likeness (QED) is 0.191. The molecule has 7 nitrogen and oxygen atoms in total. The zero-order chi connectivity index (χ0) is 32.7. The largest absolute Gasteiger partial charge is 0.504 e. The van der Waals surface area contributed by atoms with Crippen LogP contribution in [0.4, 0.5) is 32.0 Å². The maximum Gasteiger partial charge on any atom is 0.416 e. The van der Waals surface area contributed by atoms with Crippen LogP contribution in [0, 0.1) is 17.8 Å².